The number of esters is 2. The van der Waals surface area contributed by atoms with Crippen LogP contribution >= 0.6 is 0 Å². The van der Waals surface area contributed by atoms with Gasteiger partial charge in [0.05, 0.1) is 27.3 Å². The fourth-order valence-electron chi connectivity index (χ4n) is 1.82. The summed E-state index contributed by atoms with van der Waals surface area (Å²) in [6.45, 7) is 4.67. The normalized spacial score (nSPS) is 10.4. The van der Waals surface area contributed by atoms with Gasteiger partial charge in [0.25, 0.3) is 0 Å². The highest BCUT2D eigenvalue weighted by molar-refractivity contribution is 5.74. The molecule has 0 radical (unpaired) electrons. The smallest absolute Gasteiger partial charge is 0.319 e. The zero-order chi connectivity index (χ0) is 15.1. The van der Waals surface area contributed by atoms with Gasteiger partial charge in [-0.25, -0.2) is 0 Å². The molecule has 0 aliphatic rings. The van der Waals surface area contributed by atoms with Crippen LogP contribution in [-0.4, -0.2) is 44.1 Å². The largest absolute Gasteiger partial charge is 0.468 e. The zero-order valence-electron chi connectivity index (χ0n) is 12.4. The van der Waals surface area contributed by atoms with Crippen LogP contribution in [0.5, 0.6) is 0 Å². The van der Waals surface area contributed by atoms with Gasteiger partial charge in [0, 0.05) is 6.54 Å². The summed E-state index contributed by atoms with van der Waals surface area (Å²) in [4.78, 5) is 24.5. The van der Waals surface area contributed by atoms with Crippen LogP contribution in [0.1, 0.15) is 16.7 Å². The minimum atomic E-state index is -0.377. The van der Waals surface area contributed by atoms with Gasteiger partial charge in [-0.2, -0.15) is 0 Å². The van der Waals surface area contributed by atoms with Crippen LogP contribution in [0.4, 0.5) is 0 Å². The molecule has 0 bridgehead atoms. The summed E-state index contributed by atoms with van der Waals surface area (Å²) >= 11 is 0. The van der Waals surface area contributed by atoms with Gasteiger partial charge < -0.3 is 9.47 Å². The Morgan fingerprint density at radius 2 is 1.55 bits per heavy atom. The molecule has 0 amide bonds. The predicted octanol–water partition coefficient (Wildman–Crippen LogP) is 1.45. The first-order valence-electron chi connectivity index (χ1n) is 6.38. The van der Waals surface area contributed by atoms with E-state index in [1.807, 2.05) is 26.0 Å². The molecule has 1 aromatic carbocycles. The molecule has 110 valence electrons. The Balaban J connectivity index is 2.78. The predicted molar refractivity (Wildman–Crippen MR) is 75.2 cm³/mol. The third kappa shape index (κ3) is 5.01. The van der Waals surface area contributed by atoms with E-state index in [1.165, 1.54) is 25.3 Å². The quantitative estimate of drug-likeness (QED) is 0.738. The summed E-state index contributed by atoms with van der Waals surface area (Å²) in [6, 6.07) is 6.07. The molecule has 0 spiro atoms. The first kappa shape index (κ1) is 16.2. The molecule has 0 saturated carbocycles. The molecule has 0 N–H and O–H groups in total. The maximum Gasteiger partial charge on any atom is 0.319 e. The van der Waals surface area contributed by atoms with E-state index in [0.717, 1.165) is 5.56 Å². The molecule has 5 nitrogen and oxygen atoms in total. The first-order valence-corrected chi connectivity index (χ1v) is 6.38. The van der Waals surface area contributed by atoms with Crippen molar-refractivity contribution in [2.45, 2.75) is 20.4 Å². The van der Waals surface area contributed by atoms with Gasteiger partial charge in [0.15, 0.2) is 0 Å². The number of carbonyl (C=O) groups is 2. The Labute approximate surface area is 119 Å². The van der Waals surface area contributed by atoms with Gasteiger partial charge in [-0.1, -0.05) is 18.2 Å². The molecule has 0 saturated heterocycles. The number of aryl methyl sites for hydroxylation is 2. The lowest BCUT2D eigenvalue weighted by Gasteiger charge is -2.20. The molecular formula is C15H21NO4. The molecular weight excluding hydrogens is 258 g/mol. The van der Waals surface area contributed by atoms with Crippen molar-refractivity contribution >= 4 is 11.9 Å². The van der Waals surface area contributed by atoms with Crippen LogP contribution in [0.25, 0.3) is 0 Å². The first-order chi connectivity index (χ1) is 9.46. The van der Waals surface area contributed by atoms with E-state index in [9.17, 15) is 9.59 Å². The van der Waals surface area contributed by atoms with Gasteiger partial charge in [0.1, 0.15) is 0 Å². The molecule has 0 atom stereocenters. The molecule has 0 unspecified atom stereocenters. The molecule has 0 aromatic heterocycles. The zero-order valence-corrected chi connectivity index (χ0v) is 12.4. The Morgan fingerprint density at radius 3 is 2.00 bits per heavy atom. The lowest BCUT2D eigenvalue weighted by atomic mass is 10.1. The molecule has 1 rings (SSSR count). The third-order valence-electron chi connectivity index (χ3n) is 3.14. The van der Waals surface area contributed by atoms with Crippen LogP contribution in [0.3, 0.4) is 0 Å². The number of hydrogen-bond acceptors (Lipinski definition) is 5. The summed E-state index contributed by atoms with van der Waals surface area (Å²) in [5.41, 5.74) is 3.43. The standard InChI is InChI=1S/C15H21NO4/c1-11-5-6-13(7-12(11)2)8-16(9-14(17)19-3)10-15(18)20-4/h5-7H,8-10H2,1-4H3. The van der Waals surface area contributed by atoms with Crippen molar-refractivity contribution in [1.82, 2.24) is 4.90 Å². The highest BCUT2D eigenvalue weighted by atomic mass is 16.5. The Bertz CT molecular complexity index is 467. The lowest BCUT2D eigenvalue weighted by Crippen LogP contribution is -2.35. The van der Waals surface area contributed by atoms with Gasteiger partial charge >= 0.3 is 11.9 Å². The second-order valence-corrected chi connectivity index (χ2v) is 4.72. The molecule has 0 aliphatic carbocycles. The summed E-state index contributed by atoms with van der Waals surface area (Å²) in [6.07, 6.45) is 0. The number of hydrogen-bond donors (Lipinski definition) is 0. The van der Waals surface area contributed by atoms with Crippen LogP contribution in [0.15, 0.2) is 18.2 Å². The van der Waals surface area contributed by atoms with Crippen molar-refractivity contribution in [2.24, 2.45) is 0 Å². The minimum absolute atomic E-state index is 0.0541. The van der Waals surface area contributed by atoms with Gasteiger partial charge in [-0.15, -0.1) is 0 Å². The maximum absolute atomic E-state index is 11.4. The fraction of sp³-hybridized carbons (Fsp3) is 0.467. The second-order valence-electron chi connectivity index (χ2n) is 4.72. The SMILES string of the molecule is COC(=O)CN(CC(=O)OC)Cc1ccc(C)c(C)c1. The molecule has 5 heteroatoms. The van der Waals surface area contributed by atoms with E-state index in [2.05, 4.69) is 15.5 Å². The average Bonchev–Trinajstić information content (AvgIpc) is 2.42. The van der Waals surface area contributed by atoms with E-state index in [0.29, 0.717) is 6.54 Å². The maximum atomic E-state index is 11.4. The minimum Gasteiger partial charge on any atom is -0.468 e. The number of benzene rings is 1. The topological polar surface area (TPSA) is 55.8 Å². The highest BCUT2D eigenvalue weighted by Crippen LogP contribution is 2.12. The molecule has 0 aliphatic heterocycles. The molecule has 0 fully saturated rings. The number of methoxy groups -OCH3 is 2. The van der Waals surface area contributed by atoms with E-state index in [4.69, 9.17) is 0 Å². The molecule has 20 heavy (non-hydrogen) atoms. The highest BCUT2D eigenvalue weighted by Gasteiger charge is 2.16. The van der Waals surface area contributed by atoms with Gasteiger partial charge in [-0.3, -0.25) is 14.5 Å². The van der Waals surface area contributed by atoms with Crippen molar-refractivity contribution < 1.29 is 19.1 Å². The van der Waals surface area contributed by atoms with Gasteiger partial charge in [0.2, 0.25) is 0 Å². The Morgan fingerprint density at radius 1 is 1.00 bits per heavy atom. The number of nitrogens with zero attached hydrogens (tertiary/aromatic N) is 1. The average molecular weight is 279 g/mol. The van der Waals surface area contributed by atoms with Crippen LogP contribution < -0.4 is 0 Å². The Kier molecular flexibility index (Phi) is 6.18. The summed E-state index contributed by atoms with van der Waals surface area (Å²) < 4.78 is 9.29. The van der Waals surface area contributed by atoms with Crippen molar-refractivity contribution in [1.29, 1.82) is 0 Å². The number of rotatable bonds is 6. The summed E-state index contributed by atoms with van der Waals surface area (Å²) in [5, 5.41) is 0. The van der Waals surface area contributed by atoms with E-state index in [1.54, 1.807) is 4.90 Å². The summed E-state index contributed by atoms with van der Waals surface area (Å²) in [7, 11) is 2.66. The summed E-state index contributed by atoms with van der Waals surface area (Å²) in [5.74, 6) is -0.754. The van der Waals surface area contributed by atoms with E-state index < -0.39 is 0 Å². The van der Waals surface area contributed by atoms with Crippen molar-refractivity contribution in [3.63, 3.8) is 0 Å². The number of carbonyl (C=O) groups excluding carboxylic acids is 2. The van der Waals surface area contributed by atoms with Crippen molar-refractivity contribution in [3.05, 3.63) is 34.9 Å². The monoisotopic (exact) mass is 279 g/mol. The van der Waals surface area contributed by atoms with E-state index >= 15 is 0 Å². The molecule has 1 aromatic rings. The fourth-order valence-corrected chi connectivity index (χ4v) is 1.82. The molecule has 0 heterocycles. The van der Waals surface area contributed by atoms with Gasteiger partial charge in [-0.05, 0) is 30.5 Å². The van der Waals surface area contributed by atoms with Crippen LogP contribution in [-0.2, 0) is 25.6 Å². The van der Waals surface area contributed by atoms with E-state index in [-0.39, 0.29) is 25.0 Å². The third-order valence-corrected chi connectivity index (χ3v) is 3.14. The van der Waals surface area contributed by atoms with Crippen molar-refractivity contribution in [2.75, 3.05) is 27.3 Å². The Hall–Kier alpha value is -1.88. The number of ether oxygens (including phenoxy) is 2. The lowest BCUT2D eigenvalue weighted by molar-refractivity contribution is -0.145. The van der Waals surface area contributed by atoms with Crippen molar-refractivity contribution in [3.8, 4) is 0 Å². The second kappa shape index (κ2) is 7.65. The van der Waals surface area contributed by atoms with Crippen LogP contribution in [0, 0.1) is 13.8 Å². The van der Waals surface area contributed by atoms with Crippen LogP contribution in [0.2, 0.25) is 0 Å².